The van der Waals surface area contributed by atoms with Gasteiger partial charge in [-0.1, -0.05) is 37.3 Å². The van der Waals surface area contributed by atoms with Gasteiger partial charge in [0, 0.05) is 48.8 Å². The molecule has 2 atom stereocenters. The molecule has 1 aromatic carbocycles. The minimum absolute atomic E-state index is 0.144. The highest BCUT2D eigenvalue weighted by Gasteiger charge is 2.29. The molecule has 1 aliphatic rings. The van der Waals surface area contributed by atoms with E-state index in [2.05, 4.69) is 46.5 Å². The number of anilines is 1. The van der Waals surface area contributed by atoms with E-state index in [0.717, 1.165) is 48.9 Å². The Bertz CT molecular complexity index is 870. The topological polar surface area (TPSA) is 59.9 Å². The van der Waals surface area contributed by atoms with Crippen LogP contribution in [0.1, 0.15) is 30.7 Å². The average Bonchev–Trinajstić information content (AvgIpc) is 3.22. The summed E-state index contributed by atoms with van der Waals surface area (Å²) in [6.07, 6.45) is 5.60. The quantitative estimate of drug-likeness (QED) is 0.710. The molecule has 0 spiro atoms. The maximum atomic E-state index is 6.00. The summed E-state index contributed by atoms with van der Waals surface area (Å²) in [6, 6.07) is 16.4. The fraction of sp³-hybridized carbons (Fsp3) is 0.318. The van der Waals surface area contributed by atoms with E-state index in [-0.39, 0.29) is 6.10 Å². The van der Waals surface area contributed by atoms with E-state index in [1.807, 2.05) is 24.3 Å². The molecule has 1 saturated heterocycles. The van der Waals surface area contributed by atoms with Gasteiger partial charge in [-0.3, -0.25) is 4.98 Å². The van der Waals surface area contributed by atoms with Crippen molar-refractivity contribution in [3.63, 3.8) is 0 Å². The van der Waals surface area contributed by atoms with Gasteiger partial charge in [-0.25, -0.2) is 9.97 Å². The van der Waals surface area contributed by atoms with Crippen molar-refractivity contribution in [3.8, 4) is 11.4 Å². The molecule has 0 bridgehead atoms. The van der Waals surface area contributed by atoms with Crippen molar-refractivity contribution in [1.29, 1.82) is 0 Å². The molecule has 1 aliphatic heterocycles. The van der Waals surface area contributed by atoms with Gasteiger partial charge >= 0.3 is 0 Å². The summed E-state index contributed by atoms with van der Waals surface area (Å²) in [4.78, 5) is 13.5. The van der Waals surface area contributed by atoms with Crippen molar-refractivity contribution in [1.82, 2.24) is 15.0 Å². The number of benzene rings is 1. The van der Waals surface area contributed by atoms with Crippen LogP contribution in [0.15, 0.2) is 60.9 Å². The number of hydrogen-bond donors (Lipinski definition) is 1. The Balaban J connectivity index is 1.51. The third kappa shape index (κ3) is 4.14. The van der Waals surface area contributed by atoms with Crippen LogP contribution >= 0.6 is 0 Å². The highest BCUT2D eigenvalue weighted by atomic mass is 16.5. The number of pyridine rings is 1. The Kier molecular flexibility index (Phi) is 5.39. The highest BCUT2D eigenvalue weighted by Crippen LogP contribution is 2.34. The molecule has 1 fully saturated rings. The molecule has 27 heavy (non-hydrogen) atoms. The van der Waals surface area contributed by atoms with Crippen LogP contribution in [-0.2, 0) is 11.2 Å². The maximum Gasteiger partial charge on any atom is 0.161 e. The lowest BCUT2D eigenvalue weighted by Gasteiger charge is -2.20. The number of aryl methyl sites for hydroxylation is 1. The second-order valence-electron chi connectivity index (χ2n) is 6.79. The number of rotatable bonds is 6. The molecule has 4 rings (SSSR count). The van der Waals surface area contributed by atoms with E-state index in [1.54, 1.807) is 12.4 Å². The zero-order valence-corrected chi connectivity index (χ0v) is 15.5. The standard InChI is InChI=1S/C22H24N4O/c1-2-19-14-20(26-22(25-19)17-8-11-23-12-9-17)24-15-18-10-13-27-21(18)16-6-4-3-5-7-16/h3-9,11-12,14,18,21H,2,10,13,15H2,1H3,(H,24,25,26). The molecule has 138 valence electrons. The second-order valence-corrected chi connectivity index (χ2v) is 6.79. The number of nitrogens with one attached hydrogen (secondary N) is 1. The van der Waals surface area contributed by atoms with E-state index < -0.39 is 0 Å². The molecular formula is C22H24N4O. The van der Waals surface area contributed by atoms with Gasteiger partial charge in [0.05, 0.1) is 6.10 Å². The van der Waals surface area contributed by atoms with Crippen LogP contribution in [0.5, 0.6) is 0 Å². The van der Waals surface area contributed by atoms with Crippen LogP contribution in [0, 0.1) is 5.92 Å². The first kappa shape index (κ1) is 17.6. The SMILES string of the molecule is CCc1cc(NCC2CCOC2c2ccccc2)nc(-c2ccncc2)n1. The van der Waals surface area contributed by atoms with Crippen molar-refractivity contribution in [2.45, 2.75) is 25.9 Å². The summed E-state index contributed by atoms with van der Waals surface area (Å²) >= 11 is 0. The molecule has 2 aromatic heterocycles. The van der Waals surface area contributed by atoms with Gasteiger partial charge in [0.1, 0.15) is 5.82 Å². The molecule has 3 heterocycles. The Morgan fingerprint density at radius 3 is 2.67 bits per heavy atom. The normalized spacial score (nSPS) is 19.1. The molecule has 0 aliphatic carbocycles. The number of ether oxygens (including phenoxy) is 1. The fourth-order valence-electron chi connectivity index (χ4n) is 3.49. The van der Waals surface area contributed by atoms with E-state index >= 15 is 0 Å². The molecular weight excluding hydrogens is 336 g/mol. The molecule has 0 saturated carbocycles. The summed E-state index contributed by atoms with van der Waals surface area (Å²) in [5.74, 6) is 2.03. The number of nitrogens with zero attached hydrogens (tertiary/aromatic N) is 3. The van der Waals surface area contributed by atoms with Crippen molar-refractivity contribution < 1.29 is 4.74 Å². The average molecular weight is 360 g/mol. The van der Waals surface area contributed by atoms with Gasteiger partial charge in [-0.15, -0.1) is 0 Å². The first-order valence-electron chi connectivity index (χ1n) is 9.52. The molecule has 0 amide bonds. The first-order valence-corrected chi connectivity index (χ1v) is 9.52. The highest BCUT2D eigenvalue weighted by molar-refractivity contribution is 5.56. The Morgan fingerprint density at radius 1 is 1.07 bits per heavy atom. The lowest BCUT2D eigenvalue weighted by Crippen LogP contribution is -2.18. The summed E-state index contributed by atoms with van der Waals surface area (Å²) < 4.78 is 6.00. The van der Waals surface area contributed by atoms with E-state index in [1.165, 1.54) is 5.56 Å². The van der Waals surface area contributed by atoms with Crippen molar-refractivity contribution in [2.75, 3.05) is 18.5 Å². The maximum absolute atomic E-state index is 6.00. The van der Waals surface area contributed by atoms with E-state index in [0.29, 0.717) is 5.92 Å². The molecule has 3 aromatic rings. The van der Waals surface area contributed by atoms with Gasteiger partial charge in [0.15, 0.2) is 5.82 Å². The Hall–Kier alpha value is -2.79. The van der Waals surface area contributed by atoms with Gasteiger partial charge in [0.2, 0.25) is 0 Å². The van der Waals surface area contributed by atoms with Crippen LogP contribution in [0.2, 0.25) is 0 Å². The summed E-state index contributed by atoms with van der Waals surface area (Å²) in [5, 5.41) is 3.52. The number of hydrogen-bond acceptors (Lipinski definition) is 5. The monoisotopic (exact) mass is 360 g/mol. The molecule has 1 N–H and O–H groups in total. The fourth-order valence-corrected chi connectivity index (χ4v) is 3.49. The zero-order valence-electron chi connectivity index (χ0n) is 15.5. The Labute approximate surface area is 159 Å². The lowest BCUT2D eigenvalue weighted by atomic mass is 9.95. The lowest BCUT2D eigenvalue weighted by molar-refractivity contribution is 0.0933. The van der Waals surface area contributed by atoms with Gasteiger partial charge in [-0.05, 0) is 30.5 Å². The second kappa shape index (κ2) is 8.27. The first-order chi connectivity index (χ1) is 13.3. The minimum atomic E-state index is 0.144. The van der Waals surface area contributed by atoms with Crippen molar-refractivity contribution >= 4 is 5.82 Å². The van der Waals surface area contributed by atoms with E-state index in [4.69, 9.17) is 9.72 Å². The predicted octanol–water partition coefficient (Wildman–Crippen LogP) is 4.29. The molecule has 0 radical (unpaired) electrons. The third-order valence-electron chi connectivity index (χ3n) is 4.97. The zero-order chi connectivity index (χ0) is 18.5. The summed E-state index contributed by atoms with van der Waals surface area (Å²) in [5.41, 5.74) is 3.26. The van der Waals surface area contributed by atoms with Crippen LogP contribution in [0.25, 0.3) is 11.4 Å². The molecule has 5 heteroatoms. The van der Waals surface area contributed by atoms with E-state index in [9.17, 15) is 0 Å². The summed E-state index contributed by atoms with van der Waals surface area (Å²) in [6.45, 7) is 3.74. The Morgan fingerprint density at radius 2 is 1.89 bits per heavy atom. The number of aromatic nitrogens is 3. The van der Waals surface area contributed by atoms with Gasteiger partial charge in [-0.2, -0.15) is 0 Å². The van der Waals surface area contributed by atoms with Gasteiger partial charge in [0.25, 0.3) is 0 Å². The largest absolute Gasteiger partial charge is 0.373 e. The minimum Gasteiger partial charge on any atom is -0.373 e. The van der Waals surface area contributed by atoms with Crippen LogP contribution in [0.3, 0.4) is 0 Å². The smallest absolute Gasteiger partial charge is 0.161 e. The van der Waals surface area contributed by atoms with Crippen LogP contribution < -0.4 is 5.32 Å². The van der Waals surface area contributed by atoms with Gasteiger partial charge < -0.3 is 10.1 Å². The van der Waals surface area contributed by atoms with Crippen LogP contribution in [0.4, 0.5) is 5.82 Å². The van der Waals surface area contributed by atoms with Crippen molar-refractivity contribution in [2.24, 2.45) is 5.92 Å². The third-order valence-corrected chi connectivity index (χ3v) is 4.97. The summed E-state index contributed by atoms with van der Waals surface area (Å²) in [7, 11) is 0. The molecule has 5 nitrogen and oxygen atoms in total. The molecule has 2 unspecified atom stereocenters. The predicted molar refractivity (Wildman–Crippen MR) is 106 cm³/mol. The van der Waals surface area contributed by atoms with Crippen LogP contribution in [-0.4, -0.2) is 28.1 Å². The van der Waals surface area contributed by atoms with Crippen molar-refractivity contribution in [3.05, 3.63) is 72.2 Å².